The Kier molecular flexibility index (Phi) is 8.11. The first-order valence-electron chi connectivity index (χ1n) is 21.0. The summed E-state index contributed by atoms with van der Waals surface area (Å²) in [6.07, 6.45) is 0. The molecule has 2 aromatic heterocycles. The Morgan fingerprint density at radius 1 is 0.295 bits per heavy atom. The van der Waals surface area contributed by atoms with Gasteiger partial charge in [0.1, 0.15) is 0 Å². The van der Waals surface area contributed by atoms with E-state index in [0.29, 0.717) is 0 Å². The third kappa shape index (κ3) is 5.43. The van der Waals surface area contributed by atoms with Gasteiger partial charge in [-0.15, -0.1) is 0 Å². The molecular formula is C59H38N2. The second kappa shape index (κ2) is 14.1. The molecule has 0 unspecified atom stereocenters. The van der Waals surface area contributed by atoms with Gasteiger partial charge in [-0.1, -0.05) is 212 Å². The zero-order valence-electron chi connectivity index (χ0n) is 33.3. The fraction of sp³-hybridized carbons (Fsp3) is 0.0169. The Hall–Kier alpha value is -7.94. The lowest BCUT2D eigenvalue weighted by Crippen LogP contribution is -2.28. The van der Waals surface area contributed by atoms with Crippen molar-refractivity contribution in [2.75, 3.05) is 0 Å². The number of nitrogens with zero attached hydrogens (tertiary/aromatic N) is 2. The van der Waals surface area contributed by atoms with Gasteiger partial charge in [-0.3, -0.25) is 0 Å². The van der Waals surface area contributed by atoms with Gasteiger partial charge in [0, 0.05) is 27.5 Å². The quantitative estimate of drug-likeness (QED) is 0.157. The predicted octanol–water partition coefficient (Wildman–Crippen LogP) is 15.0. The highest BCUT2D eigenvalue weighted by Gasteiger charge is 2.48. The molecule has 2 heteroatoms. The average Bonchev–Trinajstić information content (AvgIpc) is 3.65. The molecule has 61 heavy (non-hydrogen) atoms. The fourth-order valence-electron chi connectivity index (χ4n) is 10.1. The monoisotopic (exact) mass is 774 g/mol. The van der Waals surface area contributed by atoms with Crippen molar-refractivity contribution in [2.45, 2.75) is 5.41 Å². The maximum Gasteiger partial charge on any atom is 0.0767 e. The van der Waals surface area contributed by atoms with Crippen LogP contribution in [0, 0.1) is 0 Å². The van der Waals surface area contributed by atoms with E-state index in [4.69, 9.17) is 9.97 Å². The first kappa shape index (κ1) is 35.0. The van der Waals surface area contributed by atoms with Crippen molar-refractivity contribution < 1.29 is 0 Å². The van der Waals surface area contributed by atoms with Gasteiger partial charge in [0.15, 0.2) is 0 Å². The standard InChI is InChI=1S/C59H38N2/c1-5-18-42(19-6-1)54-46-26-14-15-27-47(46)55(43-20-7-2-8-21-43)56-48(54)34-35-49-57(56)58-50(59(49,44-22-9-3-10-23-44)45-24-11-4-12-25-45)36-38-53(61-58)41-31-29-40(30-32-41)52-37-33-39-17-13-16-28-51(39)60-52/h1-38H. The number of rotatable bonds is 6. The van der Waals surface area contributed by atoms with Crippen LogP contribution >= 0.6 is 0 Å². The summed E-state index contributed by atoms with van der Waals surface area (Å²) in [5, 5.41) is 6.03. The maximum atomic E-state index is 5.81. The molecule has 0 bridgehead atoms. The summed E-state index contributed by atoms with van der Waals surface area (Å²) >= 11 is 0. The molecule has 2 nitrogen and oxygen atoms in total. The van der Waals surface area contributed by atoms with E-state index in [1.165, 1.54) is 71.6 Å². The lowest BCUT2D eigenvalue weighted by molar-refractivity contribution is 0.767. The van der Waals surface area contributed by atoms with Crippen molar-refractivity contribution in [3.8, 4) is 56.0 Å². The molecule has 0 aliphatic heterocycles. The third-order valence-electron chi connectivity index (χ3n) is 12.7. The Bertz CT molecular complexity index is 3390. The highest BCUT2D eigenvalue weighted by Crippen LogP contribution is 2.60. The van der Waals surface area contributed by atoms with Crippen molar-refractivity contribution in [3.63, 3.8) is 0 Å². The van der Waals surface area contributed by atoms with Crippen LogP contribution in [0.3, 0.4) is 0 Å². The van der Waals surface area contributed by atoms with E-state index in [-0.39, 0.29) is 0 Å². The van der Waals surface area contributed by atoms with Crippen molar-refractivity contribution in [1.29, 1.82) is 0 Å². The normalized spacial score (nSPS) is 12.7. The summed E-state index contributed by atoms with van der Waals surface area (Å²) < 4.78 is 0. The van der Waals surface area contributed by atoms with E-state index < -0.39 is 5.41 Å². The number of aromatic nitrogens is 2. The van der Waals surface area contributed by atoms with E-state index in [0.717, 1.165) is 39.1 Å². The molecule has 0 fully saturated rings. The van der Waals surface area contributed by atoms with Gasteiger partial charge in [-0.25, -0.2) is 9.97 Å². The van der Waals surface area contributed by atoms with Gasteiger partial charge in [0.05, 0.1) is 28.0 Å². The number of benzene rings is 9. The molecule has 11 aromatic rings. The second-order valence-electron chi connectivity index (χ2n) is 16.0. The SMILES string of the molecule is c1ccc(-c2c3ccccc3c(-c3ccccc3)c3c4c(ccc23)C(c2ccccc2)(c2ccccc2)c2ccc(-c3ccc(-c5ccc6ccccc6n5)cc3)nc2-4)cc1. The van der Waals surface area contributed by atoms with Gasteiger partial charge >= 0.3 is 0 Å². The zero-order valence-corrected chi connectivity index (χ0v) is 33.3. The largest absolute Gasteiger partial charge is 0.248 e. The molecule has 0 saturated carbocycles. The summed E-state index contributed by atoms with van der Waals surface area (Å²) in [6, 6.07) is 83.5. The first-order chi connectivity index (χ1) is 30.3. The molecule has 0 radical (unpaired) electrons. The van der Waals surface area contributed by atoms with Crippen LogP contribution in [-0.4, -0.2) is 9.97 Å². The molecular weight excluding hydrogens is 737 g/mol. The molecule has 284 valence electrons. The van der Waals surface area contributed by atoms with Gasteiger partial charge in [-0.05, 0) is 78.9 Å². The van der Waals surface area contributed by atoms with Crippen LogP contribution in [-0.2, 0) is 5.41 Å². The van der Waals surface area contributed by atoms with E-state index in [9.17, 15) is 0 Å². The molecule has 2 heterocycles. The summed E-state index contributed by atoms with van der Waals surface area (Å²) in [6.45, 7) is 0. The molecule has 0 amide bonds. The van der Waals surface area contributed by atoms with Crippen LogP contribution in [0.2, 0.25) is 0 Å². The minimum absolute atomic E-state index is 0.620. The van der Waals surface area contributed by atoms with Crippen molar-refractivity contribution in [3.05, 3.63) is 253 Å². The van der Waals surface area contributed by atoms with Crippen LogP contribution in [0.5, 0.6) is 0 Å². The van der Waals surface area contributed by atoms with Crippen LogP contribution < -0.4 is 0 Å². The van der Waals surface area contributed by atoms with Crippen molar-refractivity contribution in [1.82, 2.24) is 9.97 Å². The molecule has 9 aromatic carbocycles. The number of fused-ring (bicyclic) bond motifs is 7. The van der Waals surface area contributed by atoms with Gasteiger partial charge < -0.3 is 0 Å². The van der Waals surface area contributed by atoms with Crippen LogP contribution in [0.1, 0.15) is 22.3 Å². The lowest BCUT2D eigenvalue weighted by atomic mass is 9.67. The Morgan fingerprint density at radius 3 is 1.43 bits per heavy atom. The molecule has 0 N–H and O–H groups in total. The lowest BCUT2D eigenvalue weighted by Gasteiger charge is -2.33. The molecule has 0 atom stereocenters. The third-order valence-corrected chi connectivity index (χ3v) is 12.7. The minimum atomic E-state index is -0.620. The van der Waals surface area contributed by atoms with Crippen LogP contribution in [0.25, 0.3) is 88.5 Å². The summed E-state index contributed by atoms with van der Waals surface area (Å²) in [4.78, 5) is 10.8. The molecule has 1 aliphatic rings. The van der Waals surface area contributed by atoms with E-state index in [1.54, 1.807) is 0 Å². The molecule has 12 rings (SSSR count). The van der Waals surface area contributed by atoms with Crippen LogP contribution in [0.4, 0.5) is 0 Å². The Balaban J connectivity index is 1.19. The summed E-state index contributed by atoms with van der Waals surface area (Å²) in [5.74, 6) is 0. The number of hydrogen-bond acceptors (Lipinski definition) is 2. The summed E-state index contributed by atoms with van der Waals surface area (Å²) in [7, 11) is 0. The van der Waals surface area contributed by atoms with Crippen molar-refractivity contribution in [2.24, 2.45) is 0 Å². The number of hydrogen-bond donors (Lipinski definition) is 0. The first-order valence-corrected chi connectivity index (χ1v) is 21.0. The highest BCUT2D eigenvalue weighted by atomic mass is 14.8. The Morgan fingerprint density at radius 2 is 0.787 bits per heavy atom. The maximum absolute atomic E-state index is 5.81. The van der Waals surface area contributed by atoms with Gasteiger partial charge in [0.25, 0.3) is 0 Å². The zero-order chi connectivity index (χ0) is 40.3. The van der Waals surface area contributed by atoms with E-state index in [2.05, 4.69) is 224 Å². The molecule has 0 saturated heterocycles. The number of para-hydroxylation sites is 1. The average molecular weight is 775 g/mol. The molecule has 0 spiro atoms. The fourth-order valence-corrected chi connectivity index (χ4v) is 10.1. The predicted molar refractivity (Wildman–Crippen MR) is 254 cm³/mol. The topological polar surface area (TPSA) is 25.8 Å². The summed E-state index contributed by atoms with van der Waals surface area (Å²) in [5.41, 5.74) is 16.3. The smallest absolute Gasteiger partial charge is 0.0767 e. The van der Waals surface area contributed by atoms with Gasteiger partial charge in [-0.2, -0.15) is 0 Å². The molecule has 1 aliphatic carbocycles. The number of pyridine rings is 2. The van der Waals surface area contributed by atoms with E-state index in [1.807, 2.05) is 6.07 Å². The van der Waals surface area contributed by atoms with Gasteiger partial charge in [0.2, 0.25) is 0 Å². The highest BCUT2D eigenvalue weighted by molar-refractivity contribution is 6.25. The minimum Gasteiger partial charge on any atom is -0.248 e. The Labute approximate surface area is 355 Å². The second-order valence-corrected chi connectivity index (χ2v) is 16.0. The van der Waals surface area contributed by atoms with E-state index >= 15 is 0 Å². The van der Waals surface area contributed by atoms with Crippen molar-refractivity contribution >= 4 is 32.4 Å². The van der Waals surface area contributed by atoms with Crippen LogP contribution in [0.15, 0.2) is 231 Å².